The summed E-state index contributed by atoms with van der Waals surface area (Å²) in [7, 11) is 0. The van der Waals surface area contributed by atoms with E-state index in [9.17, 15) is 5.11 Å². The van der Waals surface area contributed by atoms with Crippen LogP contribution in [0.2, 0.25) is 5.02 Å². The summed E-state index contributed by atoms with van der Waals surface area (Å²) >= 11 is 6.27. The van der Waals surface area contributed by atoms with Crippen molar-refractivity contribution in [2.75, 3.05) is 11.4 Å². The second-order valence-corrected chi connectivity index (χ2v) is 5.30. The highest BCUT2D eigenvalue weighted by atomic mass is 35.5. The number of benzene rings is 1. The number of hydrogen-bond acceptors (Lipinski definition) is 2. The summed E-state index contributed by atoms with van der Waals surface area (Å²) < 4.78 is 0. The van der Waals surface area contributed by atoms with Gasteiger partial charge in [0, 0.05) is 18.2 Å². The number of piperidine rings is 1. The van der Waals surface area contributed by atoms with E-state index in [0.29, 0.717) is 6.04 Å². The highest BCUT2D eigenvalue weighted by Crippen LogP contribution is 2.43. The normalized spacial score (nSPS) is 27.8. The zero-order chi connectivity index (χ0) is 11.1. The summed E-state index contributed by atoms with van der Waals surface area (Å²) in [4.78, 5) is 2.40. The fourth-order valence-electron chi connectivity index (χ4n) is 3.21. The van der Waals surface area contributed by atoms with Crippen molar-refractivity contribution in [2.45, 2.75) is 31.9 Å². The second-order valence-electron chi connectivity index (χ2n) is 4.89. The number of aliphatic hydroxyl groups excluding tert-OH is 1. The predicted octanol–water partition coefficient (Wildman–Crippen LogP) is 2.82. The Morgan fingerprint density at radius 2 is 2.25 bits per heavy atom. The van der Waals surface area contributed by atoms with Gasteiger partial charge in [-0.2, -0.15) is 0 Å². The van der Waals surface area contributed by atoms with Gasteiger partial charge >= 0.3 is 0 Å². The molecular weight excluding hydrogens is 222 g/mol. The molecular formula is C13H16ClNO. The monoisotopic (exact) mass is 237 g/mol. The molecule has 1 aromatic carbocycles. The van der Waals surface area contributed by atoms with Crippen LogP contribution >= 0.6 is 11.6 Å². The fraction of sp³-hybridized carbons (Fsp3) is 0.538. The van der Waals surface area contributed by atoms with Gasteiger partial charge < -0.3 is 10.0 Å². The molecule has 1 saturated heterocycles. The van der Waals surface area contributed by atoms with Gasteiger partial charge in [0.25, 0.3) is 0 Å². The molecule has 0 radical (unpaired) electrons. The van der Waals surface area contributed by atoms with E-state index in [4.69, 9.17) is 11.6 Å². The number of halogens is 1. The largest absolute Gasteiger partial charge is 0.392 e. The van der Waals surface area contributed by atoms with E-state index in [0.717, 1.165) is 28.7 Å². The highest BCUT2D eigenvalue weighted by Gasteiger charge is 2.39. The lowest BCUT2D eigenvalue weighted by Gasteiger charge is -2.31. The van der Waals surface area contributed by atoms with E-state index in [1.54, 1.807) is 0 Å². The summed E-state index contributed by atoms with van der Waals surface area (Å²) in [6.45, 7) is 1.19. The average Bonchev–Trinajstić information content (AvgIpc) is 2.90. The van der Waals surface area contributed by atoms with Gasteiger partial charge in [0.15, 0.2) is 0 Å². The van der Waals surface area contributed by atoms with Crippen LogP contribution in [0.15, 0.2) is 18.2 Å². The van der Waals surface area contributed by atoms with Crippen LogP contribution in [0.3, 0.4) is 0 Å². The summed E-state index contributed by atoms with van der Waals surface area (Å²) in [6.07, 6.45) is 3.94. The molecule has 86 valence electrons. The van der Waals surface area contributed by atoms with Gasteiger partial charge in [0.1, 0.15) is 0 Å². The molecule has 1 aromatic rings. The third-order valence-corrected chi connectivity index (χ3v) is 4.24. The van der Waals surface area contributed by atoms with Gasteiger partial charge in [0.05, 0.1) is 17.3 Å². The summed E-state index contributed by atoms with van der Waals surface area (Å²) in [5, 5.41) is 10.2. The first-order valence-electron chi connectivity index (χ1n) is 5.94. The van der Waals surface area contributed by atoms with E-state index in [-0.39, 0.29) is 6.61 Å². The minimum atomic E-state index is 0.0732. The maximum atomic E-state index is 9.39. The number of nitrogens with zero attached hydrogens (tertiary/aromatic N) is 1. The molecule has 1 aliphatic heterocycles. The first-order chi connectivity index (χ1) is 7.79. The van der Waals surface area contributed by atoms with Gasteiger partial charge in [-0.25, -0.2) is 0 Å². The van der Waals surface area contributed by atoms with Crippen molar-refractivity contribution in [2.24, 2.45) is 5.92 Å². The molecule has 0 spiro atoms. The van der Waals surface area contributed by atoms with Crippen LogP contribution in [-0.2, 0) is 6.61 Å². The minimum Gasteiger partial charge on any atom is -0.392 e. The number of hydrogen-bond donors (Lipinski definition) is 1. The lowest BCUT2D eigenvalue weighted by Crippen LogP contribution is -2.32. The smallest absolute Gasteiger partial charge is 0.0702 e. The van der Waals surface area contributed by atoms with Crippen LogP contribution < -0.4 is 4.90 Å². The zero-order valence-corrected chi connectivity index (χ0v) is 9.95. The number of fused-ring (bicyclic) bond motifs is 2. The van der Waals surface area contributed by atoms with Crippen LogP contribution in [-0.4, -0.2) is 17.7 Å². The Bertz CT molecular complexity index is 407. The molecule has 0 aromatic heterocycles. The third kappa shape index (κ3) is 1.52. The van der Waals surface area contributed by atoms with E-state index in [1.807, 2.05) is 18.2 Å². The van der Waals surface area contributed by atoms with Gasteiger partial charge in [-0.1, -0.05) is 23.7 Å². The highest BCUT2D eigenvalue weighted by molar-refractivity contribution is 6.33. The molecule has 3 rings (SSSR count). The van der Waals surface area contributed by atoms with Gasteiger partial charge in [-0.05, 0) is 31.2 Å². The summed E-state index contributed by atoms with van der Waals surface area (Å²) in [5.74, 6) is 0.841. The fourth-order valence-corrected chi connectivity index (χ4v) is 3.51. The Hall–Kier alpha value is -0.730. The first kappa shape index (κ1) is 10.4. The Kier molecular flexibility index (Phi) is 2.56. The van der Waals surface area contributed by atoms with Gasteiger partial charge in [-0.15, -0.1) is 0 Å². The van der Waals surface area contributed by atoms with Crippen LogP contribution in [0, 0.1) is 5.92 Å². The average molecular weight is 238 g/mol. The molecule has 3 heteroatoms. The van der Waals surface area contributed by atoms with E-state index in [2.05, 4.69) is 4.90 Å². The number of para-hydroxylation sites is 1. The lowest BCUT2D eigenvalue weighted by atomic mass is 10.1. The molecule has 16 heavy (non-hydrogen) atoms. The van der Waals surface area contributed by atoms with Crippen molar-refractivity contribution in [3.05, 3.63) is 28.8 Å². The SMILES string of the molecule is OCc1cccc(Cl)c1N1CC2CCC1C2. The Morgan fingerprint density at radius 3 is 2.88 bits per heavy atom. The van der Waals surface area contributed by atoms with Crippen molar-refractivity contribution < 1.29 is 5.11 Å². The zero-order valence-electron chi connectivity index (χ0n) is 9.19. The van der Waals surface area contributed by atoms with Gasteiger partial charge in [0.2, 0.25) is 0 Å². The van der Waals surface area contributed by atoms with E-state index in [1.165, 1.54) is 19.3 Å². The topological polar surface area (TPSA) is 23.5 Å². The molecule has 2 unspecified atom stereocenters. The molecule has 0 amide bonds. The lowest BCUT2D eigenvalue weighted by molar-refractivity contribution is 0.282. The molecule has 1 N–H and O–H groups in total. The Morgan fingerprint density at radius 1 is 1.38 bits per heavy atom. The van der Waals surface area contributed by atoms with Crippen molar-refractivity contribution in [1.82, 2.24) is 0 Å². The van der Waals surface area contributed by atoms with E-state index < -0.39 is 0 Å². The third-order valence-electron chi connectivity index (χ3n) is 3.94. The maximum absolute atomic E-state index is 9.39. The molecule has 2 aliphatic rings. The van der Waals surface area contributed by atoms with Crippen molar-refractivity contribution >= 4 is 17.3 Å². The van der Waals surface area contributed by atoms with Crippen molar-refractivity contribution in [1.29, 1.82) is 0 Å². The van der Waals surface area contributed by atoms with Crippen LogP contribution in [0.1, 0.15) is 24.8 Å². The maximum Gasteiger partial charge on any atom is 0.0702 e. The molecule has 2 bridgehead atoms. The standard InChI is InChI=1S/C13H16ClNO/c14-12-3-1-2-10(8-16)13(12)15-7-9-4-5-11(15)6-9/h1-3,9,11,16H,4-8H2. The summed E-state index contributed by atoms with van der Waals surface area (Å²) in [5.41, 5.74) is 2.03. The number of rotatable bonds is 2. The van der Waals surface area contributed by atoms with Crippen molar-refractivity contribution in [3.63, 3.8) is 0 Å². The minimum absolute atomic E-state index is 0.0732. The molecule has 2 atom stereocenters. The predicted molar refractivity (Wildman–Crippen MR) is 65.8 cm³/mol. The van der Waals surface area contributed by atoms with E-state index >= 15 is 0 Å². The molecule has 1 saturated carbocycles. The molecule has 2 nitrogen and oxygen atoms in total. The van der Waals surface area contributed by atoms with Crippen LogP contribution in [0.4, 0.5) is 5.69 Å². The van der Waals surface area contributed by atoms with Crippen LogP contribution in [0.5, 0.6) is 0 Å². The molecule has 1 aliphatic carbocycles. The summed E-state index contributed by atoms with van der Waals surface area (Å²) in [6, 6.07) is 6.44. The van der Waals surface area contributed by atoms with Crippen molar-refractivity contribution in [3.8, 4) is 0 Å². The second kappa shape index (κ2) is 3.94. The number of aliphatic hydroxyl groups is 1. The number of anilines is 1. The Balaban J connectivity index is 1.99. The molecule has 2 fully saturated rings. The van der Waals surface area contributed by atoms with Crippen LogP contribution in [0.25, 0.3) is 0 Å². The quantitative estimate of drug-likeness (QED) is 0.855. The Labute approximate surface area is 101 Å². The van der Waals surface area contributed by atoms with Gasteiger partial charge in [-0.3, -0.25) is 0 Å². The molecule has 1 heterocycles. The first-order valence-corrected chi connectivity index (χ1v) is 6.32.